The Hall–Kier alpha value is -1.71. The summed E-state index contributed by atoms with van der Waals surface area (Å²) in [7, 11) is 0. The summed E-state index contributed by atoms with van der Waals surface area (Å²) in [5, 5.41) is 15.4. The lowest BCUT2D eigenvalue weighted by atomic mass is 9.82. The number of halogens is 5. The number of aliphatic hydroxyl groups is 1. The maximum atomic E-state index is 13.0. The van der Waals surface area contributed by atoms with Gasteiger partial charge in [-0.2, -0.15) is 13.9 Å². The Labute approximate surface area is 146 Å². The summed E-state index contributed by atoms with van der Waals surface area (Å²) in [5.41, 5.74) is -1.37. The molecule has 2 rings (SSSR count). The number of alkyl halides is 4. The van der Waals surface area contributed by atoms with Gasteiger partial charge in [-0.05, 0) is 17.7 Å². The molecule has 0 unspecified atom stereocenters. The molecule has 1 N–H and O–H groups in total. The van der Waals surface area contributed by atoms with Crippen molar-refractivity contribution in [2.75, 3.05) is 6.61 Å². The van der Waals surface area contributed by atoms with Gasteiger partial charge in [0.15, 0.2) is 0 Å². The van der Waals surface area contributed by atoms with E-state index in [1.165, 1.54) is 48.5 Å². The van der Waals surface area contributed by atoms with Gasteiger partial charge in [0.2, 0.25) is 0 Å². The third-order valence-corrected chi connectivity index (χ3v) is 4.06. The summed E-state index contributed by atoms with van der Waals surface area (Å²) in [6, 6.07) is 6.07. The van der Waals surface area contributed by atoms with E-state index in [4.69, 9.17) is 11.6 Å². The van der Waals surface area contributed by atoms with Gasteiger partial charge in [-0.3, -0.25) is 0 Å². The molecule has 0 radical (unpaired) electrons. The summed E-state index contributed by atoms with van der Waals surface area (Å²) in [4.78, 5) is 3.75. The third-order valence-electron chi connectivity index (χ3n) is 3.81. The summed E-state index contributed by atoms with van der Waals surface area (Å²) in [6.45, 7) is 0.470. The molecule has 0 aliphatic heterocycles. The Bertz CT molecular complexity index is 670. The van der Waals surface area contributed by atoms with Crippen molar-refractivity contribution in [3.05, 3.63) is 47.5 Å². The van der Waals surface area contributed by atoms with Gasteiger partial charge >= 0.3 is 12.5 Å². The summed E-state index contributed by atoms with van der Waals surface area (Å²) < 4.78 is 55.9. The number of aromatic nitrogens is 3. The molecule has 0 fully saturated rings. The van der Waals surface area contributed by atoms with Crippen LogP contribution < -0.4 is 0 Å². The minimum Gasteiger partial charge on any atom is -0.383 e. The number of hydrogen-bond donors (Lipinski definition) is 1. The van der Waals surface area contributed by atoms with Crippen molar-refractivity contribution in [3.63, 3.8) is 0 Å². The molecule has 1 aromatic carbocycles. The highest BCUT2D eigenvalue weighted by atomic mass is 35.5. The van der Waals surface area contributed by atoms with Crippen molar-refractivity contribution >= 4 is 11.6 Å². The van der Waals surface area contributed by atoms with Crippen molar-refractivity contribution in [1.82, 2.24) is 14.8 Å². The second kappa shape index (κ2) is 7.67. The fraction of sp³-hybridized carbons (Fsp3) is 0.467. The van der Waals surface area contributed by atoms with Gasteiger partial charge in [0.25, 0.3) is 0 Å². The molecule has 138 valence electrons. The van der Waals surface area contributed by atoms with E-state index in [0.29, 0.717) is 10.6 Å². The molecule has 0 bridgehead atoms. The van der Waals surface area contributed by atoms with Gasteiger partial charge in [-0.1, -0.05) is 30.7 Å². The number of nitrogens with zero attached hydrogens (tertiary/aromatic N) is 3. The van der Waals surface area contributed by atoms with Crippen LogP contribution >= 0.6 is 11.6 Å². The maximum Gasteiger partial charge on any atom is 0.416 e. The van der Waals surface area contributed by atoms with Gasteiger partial charge in [0.1, 0.15) is 18.3 Å². The smallest absolute Gasteiger partial charge is 0.383 e. The molecule has 0 saturated heterocycles. The monoisotopic (exact) mass is 381 g/mol. The lowest BCUT2D eigenvalue weighted by molar-refractivity contribution is -0.308. The number of rotatable bonds is 8. The molecule has 0 aliphatic carbocycles. The van der Waals surface area contributed by atoms with Crippen molar-refractivity contribution < 1.29 is 27.4 Å². The van der Waals surface area contributed by atoms with E-state index in [1.807, 2.05) is 0 Å². The van der Waals surface area contributed by atoms with Crippen LogP contribution in [0.5, 0.6) is 0 Å². The molecule has 1 aromatic heterocycles. The minimum atomic E-state index is -4.59. The zero-order chi connectivity index (χ0) is 18.7. The normalized spacial score (nSPS) is 16.0. The van der Waals surface area contributed by atoms with Crippen LogP contribution in [0.2, 0.25) is 5.02 Å². The molecule has 2 atom stereocenters. The Morgan fingerprint density at radius 1 is 1.28 bits per heavy atom. The number of hydrogen-bond acceptors (Lipinski definition) is 4. The first-order chi connectivity index (χ1) is 11.6. The Morgan fingerprint density at radius 3 is 2.44 bits per heavy atom. The van der Waals surface area contributed by atoms with Crippen molar-refractivity contribution in [3.8, 4) is 0 Å². The van der Waals surface area contributed by atoms with Crippen LogP contribution in [-0.2, 0) is 16.9 Å². The standard InChI is InChI=1S/C15H16ClF4N3O2/c1-10(6-25-15(19,20)13(17)18)14(24,7-23-9-21-8-22-23)11-2-4-12(16)5-3-11/h2-5,8-10,13,24H,6-7H2,1H3/t10-,14+/m0/s1. The largest absolute Gasteiger partial charge is 0.416 e. The second-order valence-corrected chi connectivity index (χ2v) is 6.04. The van der Waals surface area contributed by atoms with E-state index >= 15 is 0 Å². The lowest BCUT2D eigenvalue weighted by Gasteiger charge is -2.35. The van der Waals surface area contributed by atoms with Gasteiger partial charge in [0.05, 0.1) is 13.2 Å². The number of benzene rings is 1. The van der Waals surface area contributed by atoms with E-state index in [-0.39, 0.29) is 6.54 Å². The predicted molar refractivity (Wildman–Crippen MR) is 81.4 cm³/mol. The maximum absolute atomic E-state index is 13.0. The van der Waals surface area contributed by atoms with E-state index in [0.717, 1.165) is 0 Å². The average molecular weight is 382 g/mol. The van der Waals surface area contributed by atoms with Crippen LogP contribution in [0.15, 0.2) is 36.9 Å². The summed E-state index contributed by atoms with van der Waals surface area (Å²) in [6.07, 6.45) is -5.97. The molecular formula is C15H16ClF4N3O2. The van der Waals surface area contributed by atoms with Crippen LogP contribution in [0.4, 0.5) is 17.6 Å². The summed E-state index contributed by atoms with van der Waals surface area (Å²) in [5.74, 6) is -0.970. The quantitative estimate of drug-likeness (QED) is 0.712. The average Bonchev–Trinajstić information content (AvgIpc) is 3.05. The van der Waals surface area contributed by atoms with Gasteiger partial charge in [-0.15, -0.1) is 0 Å². The third kappa shape index (κ3) is 4.68. The first kappa shape index (κ1) is 19.6. The van der Waals surface area contributed by atoms with Crippen LogP contribution in [0.1, 0.15) is 12.5 Å². The van der Waals surface area contributed by atoms with Gasteiger partial charge in [-0.25, -0.2) is 18.4 Å². The highest BCUT2D eigenvalue weighted by Gasteiger charge is 2.45. The predicted octanol–water partition coefficient (Wildman–Crippen LogP) is 3.33. The highest BCUT2D eigenvalue weighted by molar-refractivity contribution is 6.30. The molecule has 0 spiro atoms. The van der Waals surface area contributed by atoms with Gasteiger partial charge in [0, 0.05) is 10.9 Å². The van der Waals surface area contributed by atoms with Gasteiger partial charge < -0.3 is 9.84 Å². The molecule has 0 aliphatic rings. The molecular weight excluding hydrogens is 366 g/mol. The zero-order valence-corrected chi connectivity index (χ0v) is 13.9. The highest BCUT2D eigenvalue weighted by Crippen LogP contribution is 2.34. The van der Waals surface area contributed by atoms with Crippen molar-refractivity contribution in [2.45, 2.75) is 31.6 Å². The molecule has 1 heterocycles. The van der Waals surface area contributed by atoms with E-state index in [2.05, 4.69) is 14.8 Å². The van der Waals surface area contributed by atoms with Crippen LogP contribution in [0, 0.1) is 5.92 Å². The SMILES string of the molecule is C[C@@H](COC(F)(F)C(F)F)[C@](O)(Cn1cncn1)c1ccc(Cl)cc1. The van der Waals surface area contributed by atoms with Crippen LogP contribution in [0.3, 0.4) is 0 Å². The second-order valence-electron chi connectivity index (χ2n) is 5.60. The van der Waals surface area contributed by atoms with E-state index < -0.39 is 30.7 Å². The molecule has 10 heteroatoms. The Morgan fingerprint density at radius 2 is 1.92 bits per heavy atom. The molecule has 2 aromatic rings. The van der Waals surface area contributed by atoms with E-state index in [9.17, 15) is 22.7 Å². The first-order valence-corrected chi connectivity index (χ1v) is 7.63. The van der Waals surface area contributed by atoms with E-state index in [1.54, 1.807) is 0 Å². The fourth-order valence-electron chi connectivity index (χ4n) is 2.27. The molecule has 0 saturated carbocycles. The van der Waals surface area contributed by atoms with Crippen molar-refractivity contribution in [2.24, 2.45) is 5.92 Å². The van der Waals surface area contributed by atoms with Crippen LogP contribution in [-0.4, -0.2) is 39.0 Å². The molecule has 5 nitrogen and oxygen atoms in total. The Balaban J connectivity index is 2.25. The summed E-state index contributed by atoms with van der Waals surface area (Å²) >= 11 is 5.82. The lowest BCUT2D eigenvalue weighted by Crippen LogP contribution is -2.42. The van der Waals surface area contributed by atoms with Crippen molar-refractivity contribution in [1.29, 1.82) is 0 Å². The Kier molecular flexibility index (Phi) is 6.02. The fourth-order valence-corrected chi connectivity index (χ4v) is 2.39. The number of ether oxygens (including phenoxy) is 1. The van der Waals surface area contributed by atoms with Crippen LogP contribution in [0.25, 0.3) is 0 Å². The molecule has 0 amide bonds. The zero-order valence-electron chi connectivity index (χ0n) is 13.1. The first-order valence-electron chi connectivity index (χ1n) is 7.26. The minimum absolute atomic E-state index is 0.139. The molecule has 25 heavy (non-hydrogen) atoms. The topological polar surface area (TPSA) is 60.2 Å².